The Morgan fingerprint density at radius 1 is 1.53 bits per heavy atom. The van der Waals surface area contributed by atoms with Crippen molar-refractivity contribution in [2.75, 3.05) is 27.3 Å². The third-order valence-corrected chi connectivity index (χ3v) is 4.16. The van der Waals surface area contributed by atoms with Crippen molar-refractivity contribution < 1.29 is 13.9 Å². The minimum Gasteiger partial charge on any atom is -0.494 e. The molecule has 0 amide bonds. The lowest BCUT2D eigenvalue weighted by Crippen LogP contribution is -2.40. The zero-order valence-electron chi connectivity index (χ0n) is 11.8. The van der Waals surface area contributed by atoms with Gasteiger partial charge in [0.05, 0.1) is 13.2 Å². The molecule has 2 rings (SSSR count). The minimum atomic E-state index is -0.250. The predicted octanol–water partition coefficient (Wildman–Crippen LogP) is 2.39. The molecule has 2 unspecified atom stereocenters. The van der Waals surface area contributed by atoms with Crippen molar-refractivity contribution in [3.63, 3.8) is 0 Å². The van der Waals surface area contributed by atoms with Gasteiger partial charge in [0.15, 0.2) is 11.6 Å². The number of benzene rings is 1. The molecule has 1 heterocycles. The molecule has 2 atom stereocenters. The van der Waals surface area contributed by atoms with Gasteiger partial charge in [-0.05, 0) is 38.4 Å². The van der Waals surface area contributed by atoms with Crippen LogP contribution in [-0.4, -0.2) is 33.4 Å². The number of ether oxygens (including phenoxy) is 2. The van der Waals surface area contributed by atoms with E-state index in [4.69, 9.17) is 9.47 Å². The maximum absolute atomic E-state index is 14.3. The van der Waals surface area contributed by atoms with Gasteiger partial charge in [0, 0.05) is 18.6 Å². The molecule has 0 aliphatic carbocycles. The highest BCUT2D eigenvalue weighted by atomic mass is 19.1. The number of nitrogens with one attached hydrogen (secondary N) is 1. The van der Waals surface area contributed by atoms with Crippen LogP contribution in [0.1, 0.15) is 18.9 Å². The van der Waals surface area contributed by atoms with Crippen molar-refractivity contribution in [3.05, 3.63) is 29.6 Å². The van der Waals surface area contributed by atoms with E-state index >= 15 is 0 Å². The maximum Gasteiger partial charge on any atom is 0.168 e. The topological polar surface area (TPSA) is 30.5 Å². The van der Waals surface area contributed by atoms with Crippen LogP contribution in [-0.2, 0) is 11.2 Å². The van der Waals surface area contributed by atoms with E-state index in [2.05, 4.69) is 12.2 Å². The summed E-state index contributed by atoms with van der Waals surface area (Å²) in [5, 5.41) is 3.22. The third kappa shape index (κ3) is 2.74. The van der Waals surface area contributed by atoms with Crippen molar-refractivity contribution in [3.8, 4) is 5.75 Å². The fraction of sp³-hybridized carbons (Fsp3) is 0.600. The number of hydrogen-bond acceptors (Lipinski definition) is 3. The van der Waals surface area contributed by atoms with Crippen LogP contribution in [0.15, 0.2) is 18.2 Å². The molecule has 1 aliphatic rings. The molecule has 0 aromatic heterocycles. The van der Waals surface area contributed by atoms with Crippen molar-refractivity contribution in [1.82, 2.24) is 5.32 Å². The standard InChI is InChI=1S/C15H22FNO2/c1-11-15(10-17-2,7-8-19-11)9-12-5-4-6-13(18-3)14(12)16/h4-6,11,17H,7-10H2,1-3H3. The van der Waals surface area contributed by atoms with Crippen molar-refractivity contribution in [2.45, 2.75) is 25.9 Å². The van der Waals surface area contributed by atoms with Gasteiger partial charge in [-0.25, -0.2) is 4.39 Å². The van der Waals surface area contributed by atoms with Gasteiger partial charge in [0.25, 0.3) is 0 Å². The molecule has 1 fully saturated rings. The summed E-state index contributed by atoms with van der Waals surface area (Å²) in [5.41, 5.74) is 0.661. The van der Waals surface area contributed by atoms with Crippen LogP contribution in [0.25, 0.3) is 0 Å². The number of rotatable bonds is 5. The first-order valence-electron chi connectivity index (χ1n) is 6.70. The molecule has 0 bridgehead atoms. The van der Waals surface area contributed by atoms with Crippen molar-refractivity contribution >= 4 is 0 Å². The second kappa shape index (κ2) is 5.88. The summed E-state index contributed by atoms with van der Waals surface area (Å²) in [6, 6.07) is 5.32. The molecule has 0 saturated carbocycles. The Morgan fingerprint density at radius 3 is 2.89 bits per heavy atom. The van der Waals surface area contributed by atoms with Gasteiger partial charge >= 0.3 is 0 Å². The van der Waals surface area contributed by atoms with Crippen LogP contribution in [0.5, 0.6) is 5.75 Å². The van der Waals surface area contributed by atoms with Crippen LogP contribution in [0.3, 0.4) is 0 Å². The summed E-state index contributed by atoms with van der Waals surface area (Å²) in [6.07, 6.45) is 1.74. The molecule has 0 spiro atoms. The van der Waals surface area contributed by atoms with E-state index < -0.39 is 0 Å². The molecule has 1 aromatic rings. The highest BCUT2D eigenvalue weighted by molar-refractivity contribution is 5.32. The predicted molar refractivity (Wildman–Crippen MR) is 73.0 cm³/mol. The number of methoxy groups -OCH3 is 1. The minimum absolute atomic E-state index is 0.0397. The van der Waals surface area contributed by atoms with E-state index in [1.54, 1.807) is 6.07 Å². The first kappa shape index (κ1) is 14.3. The molecular formula is C15H22FNO2. The lowest BCUT2D eigenvalue weighted by molar-refractivity contribution is 0.0635. The zero-order valence-corrected chi connectivity index (χ0v) is 11.8. The second-order valence-corrected chi connectivity index (χ2v) is 5.27. The molecule has 1 saturated heterocycles. The monoisotopic (exact) mass is 267 g/mol. The molecule has 3 nitrogen and oxygen atoms in total. The average Bonchev–Trinajstić information content (AvgIpc) is 2.74. The van der Waals surface area contributed by atoms with E-state index in [9.17, 15) is 4.39 Å². The molecule has 4 heteroatoms. The molecule has 1 aromatic carbocycles. The highest BCUT2D eigenvalue weighted by Gasteiger charge is 2.41. The molecular weight excluding hydrogens is 245 g/mol. The quantitative estimate of drug-likeness (QED) is 0.888. The lowest BCUT2D eigenvalue weighted by Gasteiger charge is -2.32. The van der Waals surface area contributed by atoms with Gasteiger partial charge in [0.2, 0.25) is 0 Å². The van der Waals surface area contributed by atoms with E-state index in [1.165, 1.54) is 7.11 Å². The molecule has 0 radical (unpaired) electrons. The first-order valence-corrected chi connectivity index (χ1v) is 6.70. The summed E-state index contributed by atoms with van der Waals surface area (Å²) in [4.78, 5) is 0. The molecule has 1 aliphatic heterocycles. The first-order chi connectivity index (χ1) is 9.13. The van der Waals surface area contributed by atoms with Gasteiger partial charge in [-0.3, -0.25) is 0 Å². The highest BCUT2D eigenvalue weighted by Crippen LogP contribution is 2.39. The number of halogens is 1. The van der Waals surface area contributed by atoms with Crippen LogP contribution >= 0.6 is 0 Å². The molecule has 1 N–H and O–H groups in total. The Hall–Kier alpha value is -1.13. The van der Waals surface area contributed by atoms with Crippen LogP contribution in [0.2, 0.25) is 0 Å². The third-order valence-electron chi connectivity index (χ3n) is 4.16. The fourth-order valence-electron chi connectivity index (χ4n) is 2.93. The van der Waals surface area contributed by atoms with Crippen LogP contribution < -0.4 is 10.1 Å². The molecule has 106 valence electrons. The largest absolute Gasteiger partial charge is 0.494 e. The molecule has 19 heavy (non-hydrogen) atoms. The normalized spacial score (nSPS) is 26.6. The fourth-order valence-corrected chi connectivity index (χ4v) is 2.93. The van der Waals surface area contributed by atoms with E-state index in [0.29, 0.717) is 17.7 Å². The zero-order chi connectivity index (χ0) is 13.9. The van der Waals surface area contributed by atoms with Crippen LogP contribution in [0.4, 0.5) is 4.39 Å². The summed E-state index contributed by atoms with van der Waals surface area (Å²) in [7, 11) is 3.42. The Labute approximate surface area is 114 Å². The van der Waals surface area contributed by atoms with E-state index in [-0.39, 0.29) is 17.3 Å². The summed E-state index contributed by atoms with van der Waals surface area (Å²) >= 11 is 0. The van der Waals surface area contributed by atoms with Gasteiger partial charge in [-0.2, -0.15) is 0 Å². The Kier molecular flexibility index (Phi) is 4.42. The summed E-state index contributed by atoms with van der Waals surface area (Å²) < 4.78 is 25.0. The number of hydrogen-bond donors (Lipinski definition) is 1. The Bertz CT molecular complexity index is 438. The SMILES string of the molecule is CNCC1(Cc2cccc(OC)c2F)CCOC1C. The van der Waals surface area contributed by atoms with Gasteiger partial charge in [0.1, 0.15) is 0 Å². The van der Waals surface area contributed by atoms with Crippen molar-refractivity contribution in [1.29, 1.82) is 0 Å². The Morgan fingerprint density at radius 2 is 2.32 bits per heavy atom. The summed E-state index contributed by atoms with van der Waals surface area (Å²) in [6.45, 7) is 3.64. The van der Waals surface area contributed by atoms with Crippen molar-refractivity contribution in [2.24, 2.45) is 5.41 Å². The maximum atomic E-state index is 14.3. The van der Waals surface area contributed by atoms with Gasteiger partial charge in [-0.15, -0.1) is 0 Å². The van der Waals surface area contributed by atoms with Gasteiger partial charge in [-0.1, -0.05) is 12.1 Å². The lowest BCUT2D eigenvalue weighted by atomic mass is 9.76. The van der Waals surface area contributed by atoms with Crippen LogP contribution in [0, 0.1) is 11.2 Å². The Balaban J connectivity index is 2.27. The summed E-state index contributed by atoms with van der Waals surface area (Å²) in [5.74, 6) is 0.0586. The smallest absolute Gasteiger partial charge is 0.168 e. The van der Waals surface area contributed by atoms with Gasteiger partial charge < -0.3 is 14.8 Å². The van der Waals surface area contributed by atoms with E-state index in [0.717, 1.165) is 19.6 Å². The van der Waals surface area contributed by atoms with E-state index in [1.807, 2.05) is 19.2 Å². The average molecular weight is 267 g/mol. The second-order valence-electron chi connectivity index (χ2n) is 5.27.